The lowest BCUT2D eigenvalue weighted by molar-refractivity contribution is -0.127. The Balaban J connectivity index is 1.98. The second-order valence-corrected chi connectivity index (χ2v) is 6.04. The third-order valence-corrected chi connectivity index (χ3v) is 4.27. The van der Waals surface area contributed by atoms with E-state index >= 15 is 0 Å². The van der Waals surface area contributed by atoms with Gasteiger partial charge in [0.2, 0.25) is 0 Å². The second kappa shape index (κ2) is 6.88. The molecule has 0 unspecified atom stereocenters. The summed E-state index contributed by atoms with van der Waals surface area (Å²) < 4.78 is 5.29. The summed E-state index contributed by atoms with van der Waals surface area (Å²) in [6, 6.07) is 6.38. The van der Waals surface area contributed by atoms with Crippen molar-refractivity contribution < 1.29 is 19.1 Å². The predicted molar refractivity (Wildman–Crippen MR) is 91.0 cm³/mol. The van der Waals surface area contributed by atoms with Crippen LogP contribution in [-0.2, 0) is 22.4 Å². The highest BCUT2D eigenvalue weighted by molar-refractivity contribution is 6.06. The molecule has 1 aliphatic carbocycles. The first-order chi connectivity index (χ1) is 12.0. The minimum Gasteiger partial charge on any atom is -0.449 e. The number of fused-ring (bicyclic) bond motifs is 2. The maximum atomic E-state index is 12.8. The van der Waals surface area contributed by atoms with Crippen LogP contribution in [0.2, 0.25) is 0 Å². The van der Waals surface area contributed by atoms with E-state index in [-0.39, 0.29) is 0 Å². The number of benzene rings is 1. The lowest BCUT2D eigenvalue weighted by Gasteiger charge is -2.21. The molecule has 1 heterocycles. The van der Waals surface area contributed by atoms with E-state index in [1.54, 1.807) is 0 Å². The molecule has 0 aliphatic heterocycles. The zero-order valence-electron chi connectivity index (χ0n) is 13.9. The number of urea groups is 1. The topological polar surface area (TPSA) is 111 Å². The highest BCUT2D eigenvalue weighted by atomic mass is 16.5. The third-order valence-electron chi connectivity index (χ3n) is 4.27. The Labute approximate surface area is 144 Å². The van der Waals surface area contributed by atoms with Crippen LogP contribution < -0.4 is 11.1 Å². The first-order valence-corrected chi connectivity index (χ1v) is 8.19. The van der Waals surface area contributed by atoms with Crippen LogP contribution in [-0.4, -0.2) is 29.0 Å². The monoisotopic (exact) mass is 341 g/mol. The van der Waals surface area contributed by atoms with E-state index in [2.05, 4.69) is 4.98 Å². The van der Waals surface area contributed by atoms with E-state index in [1.165, 1.54) is 6.92 Å². The average Bonchev–Trinajstić information content (AvgIpc) is 2.58. The van der Waals surface area contributed by atoms with Crippen molar-refractivity contribution in [2.24, 2.45) is 5.73 Å². The zero-order chi connectivity index (χ0) is 18.0. The number of hydrogen-bond donors (Lipinski definition) is 2. The number of ether oxygens (including phenoxy) is 1. The Morgan fingerprint density at radius 3 is 2.68 bits per heavy atom. The minimum atomic E-state index is -1.13. The van der Waals surface area contributed by atoms with E-state index in [9.17, 15) is 14.4 Å². The van der Waals surface area contributed by atoms with Gasteiger partial charge >= 0.3 is 12.0 Å². The van der Waals surface area contributed by atoms with Gasteiger partial charge in [0.15, 0.2) is 6.10 Å². The van der Waals surface area contributed by atoms with Gasteiger partial charge in [-0.1, -0.05) is 18.2 Å². The van der Waals surface area contributed by atoms with Gasteiger partial charge in [0.1, 0.15) is 0 Å². The fourth-order valence-electron chi connectivity index (χ4n) is 3.10. The molecule has 3 amide bonds. The third kappa shape index (κ3) is 3.45. The number of hydrogen-bond acceptors (Lipinski definition) is 5. The molecule has 0 radical (unpaired) electrons. The molecule has 0 fully saturated rings. The number of aromatic nitrogens is 1. The fraction of sp³-hybridized carbons (Fsp3) is 0.333. The molecule has 1 aromatic carbocycles. The number of nitrogens with zero attached hydrogens (tertiary/aromatic N) is 1. The molecule has 2 aromatic rings. The summed E-state index contributed by atoms with van der Waals surface area (Å²) in [5.74, 6) is -1.35. The Bertz CT molecular complexity index is 863. The number of esters is 1. The number of nitrogens with one attached hydrogen (secondary N) is 1. The van der Waals surface area contributed by atoms with Gasteiger partial charge in [0, 0.05) is 11.1 Å². The number of aryl methyl sites for hydroxylation is 1. The van der Waals surface area contributed by atoms with Crippen molar-refractivity contribution in [1.82, 2.24) is 10.3 Å². The van der Waals surface area contributed by atoms with Crippen molar-refractivity contribution in [3.63, 3.8) is 0 Å². The van der Waals surface area contributed by atoms with Crippen molar-refractivity contribution in [3.05, 3.63) is 41.1 Å². The van der Waals surface area contributed by atoms with Gasteiger partial charge in [0.25, 0.3) is 5.91 Å². The fourth-order valence-corrected chi connectivity index (χ4v) is 3.10. The second-order valence-electron chi connectivity index (χ2n) is 6.04. The molecule has 7 heteroatoms. The van der Waals surface area contributed by atoms with Crippen LogP contribution in [0.25, 0.3) is 10.9 Å². The van der Waals surface area contributed by atoms with E-state index in [4.69, 9.17) is 10.5 Å². The Kier molecular flexibility index (Phi) is 4.65. The summed E-state index contributed by atoms with van der Waals surface area (Å²) in [7, 11) is 0. The molecule has 130 valence electrons. The molecule has 0 spiro atoms. The van der Waals surface area contributed by atoms with Gasteiger partial charge < -0.3 is 10.5 Å². The molecule has 3 rings (SSSR count). The molecule has 1 atom stereocenters. The molecular formula is C18H19N3O4. The number of pyridine rings is 1. The Hall–Kier alpha value is -2.96. The lowest BCUT2D eigenvalue weighted by Crippen LogP contribution is -2.42. The van der Waals surface area contributed by atoms with E-state index in [0.29, 0.717) is 10.9 Å². The van der Waals surface area contributed by atoms with Gasteiger partial charge in [-0.3, -0.25) is 15.1 Å². The van der Waals surface area contributed by atoms with Crippen molar-refractivity contribution >= 4 is 28.8 Å². The summed E-state index contributed by atoms with van der Waals surface area (Å²) in [5.41, 5.74) is 7.90. The summed E-state index contributed by atoms with van der Waals surface area (Å²) in [4.78, 5) is 40.0. The van der Waals surface area contributed by atoms with Gasteiger partial charge in [-0.15, -0.1) is 0 Å². The molecule has 0 saturated heterocycles. The van der Waals surface area contributed by atoms with Crippen LogP contribution in [0.5, 0.6) is 0 Å². The molecular weight excluding hydrogens is 322 g/mol. The van der Waals surface area contributed by atoms with E-state index in [1.807, 2.05) is 29.6 Å². The summed E-state index contributed by atoms with van der Waals surface area (Å²) in [6.45, 7) is 1.39. The highest BCUT2D eigenvalue weighted by Crippen LogP contribution is 2.30. The number of imide groups is 1. The van der Waals surface area contributed by atoms with Gasteiger partial charge in [0.05, 0.1) is 11.1 Å². The Morgan fingerprint density at radius 1 is 1.20 bits per heavy atom. The van der Waals surface area contributed by atoms with Crippen LogP contribution in [0.15, 0.2) is 24.3 Å². The van der Waals surface area contributed by atoms with Gasteiger partial charge in [-0.05, 0) is 44.2 Å². The predicted octanol–water partition coefficient (Wildman–Crippen LogP) is 1.85. The average molecular weight is 341 g/mol. The zero-order valence-corrected chi connectivity index (χ0v) is 13.9. The Morgan fingerprint density at radius 2 is 1.92 bits per heavy atom. The number of para-hydroxylation sites is 1. The lowest BCUT2D eigenvalue weighted by atomic mass is 9.90. The summed E-state index contributed by atoms with van der Waals surface area (Å²) >= 11 is 0. The SMILES string of the molecule is C[C@H](OC(=O)c1c2c(nc3ccccc13)CCCC2)C(=O)NC(N)=O. The number of nitrogens with two attached hydrogens (primary N) is 1. The molecule has 1 aromatic heterocycles. The molecule has 1 aliphatic rings. The smallest absolute Gasteiger partial charge is 0.339 e. The van der Waals surface area contributed by atoms with Crippen molar-refractivity contribution in [3.8, 4) is 0 Å². The van der Waals surface area contributed by atoms with Crippen LogP contribution >= 0.6 is 0 Å². The quantitative estimate of drug-likeness (QED) is 0.828. The first kappa shape index (κ1) is 16.9. The van der Waals surface area contributed by atoms with Gasteiger partial charge in [-0.2, -0.15) is 0 Å². The van der Waals surface area contributed by atoms with Crippen LogP contribution in [0.4, 0.5) is 4.79 Å². The molecule has 0 saturated carbocycles. The normalized spacial score (nSPS) is 14.4. The van der Waals surface area contributed by atoms with Crippen LogP contribution in [0, 0.1) is 0 Å². The summed E-state index contributed by atoms with van der Waals surface area (Å²) in [6.07, 6.45) is 2.44. The molecule has 0 bridgehead atoms. The molecule has 7 nitrogen and oxygen atoms in total. The van der Waals surface area contributed by atoms with Crippen LogP contribution in [0.1, 0.15) is 41.4 Å². The maximum absolute atomic E-state index is 12.8. The summed E-state index contributed by atoms with van der Waals surface area (Å²) in [5, 5.41) is 2.61. The number of carbonyl (C=O) groups excluding carboxylic acids is 3. The minimum absolute atomic E-state index is 0.457. The van der Waals surface area contributed by atoms with Crippen molar-refractivity contribution in [2.45, 2.75) is 38.7 Å². The first-order valence-electron chi connectivity index (χ1n) is 8.19. The van der Waals surface area contributed by atoms with Gasteiger partial charge in [-0.25, -0.2) is 9.59 Å². The molecule has 3 N–H and O–H groups in total. The number of primary amides is 1. The standard InChI is InChI=1S/C18H19N3O4/c1-10(16(22)21-18(19)24)25-17(23)15-11-6-2-4-8-13(11)20-14-9-5-3-7-12(14)15/h2,4,6,8,10H,3,5,7,9H2,1H3,(H3,19,21,22,24)/t10-/m0/s1. The van der Waals surface area contributed by atoms with E-state index in [0.717, 1.165) is 42.5 Å². The maximum Gasteiger partial charge on any atom is 0.339 e. The number of amides is 3. The largest absolute Gasteiger partial charge is 0.449 e. The van der Waals surface area contributed by atoms with E-state index < -0.39 is 24.0 Å². The number of rotatable bonds is 3. The number of carbonyl (C=O) groups is 3. The molecule has 25 heavy (non-hydrogen) atoms. The highest BCUT2D eigenvalue weighted by Gasteiger charge is 2.26. The van der Waals surface area contributed by atoms with Crippen molar-refractivity contribution in [1.29, 1.82) is 0 Å². The van der Waals surface area contributed by atoms with Crippen LogP contribution in [0.3, 0.4) is 0 Å². The van der Waals surface area contributed by atoms with Crippen molar-refractivity contribution in [2.75, 3.05) is 0 Å².